The third-order valence-electron chi connectivity index (χ3n) is 5.51. The molecule has 0 unspecified atom stereocenters. The van der Waals surface area contributed by atoms with Gasteiger partial charge in [0, 0.05) is 0 Å². The van der Waals surface area contributed by atoms with Crippen LogP contribution in [0.15, 0.2) is 61.2 Å². The molecule has 0 spiro atoms. The summed E-state index contributed by atoms with van der Waals surface area (Å²) in [5, 5.41) is 9.06. The first-order chi connectivity index (χ1) is 17.2. The topological polar surface area (TPSA) is 142 Å². The van der Waals surface area contributed by atoms with E-state index in [0.717, 1.165) is 6.08 Å². The van der Waals surface area contributed by atoms with Gasteiger partial charge in [-0.25, -0.2) is 9.59 Å². The third-order valence-corrected chi connectivity index (χ3v) is 5.51. The van der Waals surface area contributed by atoms with E-state index in [9.17, 15) is 24.0 Å². The molecule has 10 nitrogen and oxygen atoms in total. The number of hydrogen-bond donors (Lipinski definition) is 1. The molecule has 0 aliphatic heterocycles. The molecule has 0 heterocycles. The van der Waals surface area contributed by atoms with Gasteiger partial charge in [0.25, 0.3) is 0 Å². The molecule has 0 amide bonds. The second-order valence-corrected chi connectivity index (χ2v) is 8.00. The first kappa shape index (κ1) is 26.1. The molecule has 1 aliphatic rings. The van der Waals surface area contributed by atoms with Crippen molar-refractivity contribution in [2.75, 3.05) is 6.61 Å². The predicted octanol–water partition coefficient (Wildman–Crippen LogP) is 3.97. The van der Waals surface area contributed by atoms with Gasteiger partial charge >= 0.3 is 24.1 Å². The molecule has 0 aromatic heterocycles. The van der Waals surface area contributed by atoms with E-state index in [-0.39, 0.29) is 28.7 Å². The molecule has 10 heteroatoms. The Kier molecular flexibility index (Phi) is 8.93. The molecule has 0 radical (unpaired) electrons. The number of ketones is 1. The van der Waals surface area contributed by atoms with Crippen molar-refractivity contribution in [2.24, 2.45) is 11.8 Å². The van der Waals surface area contributed by atoms with Crippen LogP contribution in [0.1, 0.15) is 36.0 Å². The number of carbonyl (C=O) groups is 5. The molecule has 36 heavy (non-hydrogen) atoms. The highest BCUT2D eigenvalue weighted by Crippen LogP contribution is 2.30. The number of hydrogen-bond acceptors (Lipinski definition) is 9. The first-order valence-corrected chi connectivity index (χ1v) is 11.1. The molecule has 2 aromatic rings. The van der Waals surface area contributed by atoms with Gasteiger partial charge in [-0.05, 0) is 80.3 Å². The van der Waals surface area contributed by atoms with Crippen LogP contribution in [0.3, 0.4) is 0 Å². The summed E-state index contributed by atoms with van der Waals surface area (Å²) in [6, 6.07) is 11.4. The maximum atomic E-state index is 12.4. The maximum absolute atomic E-state index is 12.4. The summed E-state index contributed by atoms with van der Waals surface area (Å²) in [7, 11) is 0. The molecule has 1 aliphatic carbocycles. The lowest BCUT2D eigenvalue weighted by Gasteiger charge is -2.24. The Hall–Kier alpha value is -4.47. The van der Waals surface area contributed by atoms with Crippen molar-refractivity contribution in [3.8, 4) is 17.2 Å². The number of carboxylic acid groups (broad SMARTS) is 1. The minimum atomic E-state index is -1.07. The largest absolute Gasteiger partial charge is 0.514 e. The number of esters is 2. The Morgan fingerprint density at radius 3 is 1.83 bits per heavy atom. The normalized spacial score (nSPS) is 16.8. The zero-order valence-corrected chi connectivity index (χ0v) is 19.2. The third kappa shape index (κ3) is 7.52. The van der Waals surface area contributed by atoms with Gasteiger partial charge in [0.05, 0.1) is 17.4 Å². The molecule has 0 saturated heterocycles. The Labute approximate surface area is 206 Å². The highest BCUT2D eigenvalue weighted by molar-refractivity contribution is 5.91. The van der Waals surface area contributed by atoms with Crippen LogP contribution in [0.2, 0.25) is 0 Å². The van der Waals surface area contributed by atoms with Crippen molar-refractivity contribution < 1.29 is 48.0 Å². The van der Waals surface area contributed by atoms with E-state index < -0.39 is 42.4 Å². The number of ether oxygens (including phenoxy) is 4. The van der Waals surface area contributed by atoms with Crippen LogP contribution in [0, 0.1) is 11.8 Å². The highest BCUT2D eigenvalue weighted by atomic mass is 16.7. The number of carboxylic acids is 1. The Morgan fingerprint density at radius 1 is 0.778 bits per heavy atom. The van der Waals surface area contributed by atoms with E-state index in [0.29, 0.717) is 25.7 Å². The molecular weight excluding hydrogens is 472 g/mol. The van der Waals surface area contributed by atoms with Crippen molar-refractivity contribution in [3.63, 3.8) is 0 Å². The Balaban J connectivity index is 1.47. The first-order valence-electron chi connectivity index (χ1n) is 11.1. The fraction of sp³-hybridized carbons (Fsp3) is 0.269. The SMILES string of the molecule is C=CC(=O)COC(=O)Oc1ccc(OC(=O)c2ccc(OC(=O)C3CCC(C(=O)O)CC3)cc2)cc1. The zero-order chi connectivity index (χ0) is 26.1. The molecule has 1 saturated carbocycles. The highest BCUT2D eigenvalue weighted by Gasteiger charge is 2.30. The van der Waals surface area contributed by atoms with E-state index in [1.165, 1.54) is 48.5 Å². The summed E-state index contributed by atoms with van der Waals surface area (Å²) in [5.41, 5.74) is 0.215. The van der Waals surface area contributed by atoms with Crippen LogP contribution in [0.5, 0.6) is 17.2 Å². The van der Waals surface area contributed by atoms with Crippen molar-refractivity contribution in [2.45, 2.75) is 25.7 Å². The lowest BCUT2D eigenvalue weighted by molar-refractivity contribution is -0.146. The lowest BCUT2D eigenvalue weighted by atomic mass is 9.82. The lowest BCUT2D eigenvalue weighted by Crippen LogP contribution is -2.28. The number of benzene rings is 2. The van der Waals surface area contributed by atoms with E-state index in [2.05, 4.69) is 11.3 Å². The summed E-state index contributed by atoms with van der Waals surface area (Å²) in [5.74, 6) is -2.59. The summed E-state index contributed by atoms with van der Waals surface area (Å²) in [6.45, 7) is 2.78. The molecule has 0 bridgehead atoms. The average Bonchev–Trinajstić information content (AvgIpc) is 2.88. The Bertz CT molecular complexity index is 1130. The van der Waals surface area contributed by atoms with Gasteiger partial charge < -0.3 is 24.1 Å². The maximum Gasteiger partial charge on any atom is 0.514 e. The minimum Gasteiger partial charge on any atom is -0.481 e. The van der Waals surface area contributed by atoms with Gasteiger partial charge in [-0.3, -0.25) is 14.4 Å². The quantitative estimate of drug-likeness (QED) is 0.234. The monoisotopic (exact) mass is 496 g/mol. The number of rotatable bonds is 9. The summed E-state index contributed by atoms with van der Waals surface area (Å²) in [4.78, 5) is 58.4. The van der Waals surface area contributed by atoms with E-state index in [4.69, 9.17) is 19.3 Å². The van der Waals surface area contributed by atoms with Gasteiger partial charge in [-0.15, -0.1) is 0 Å². The van der Waals surface area contributed by atoms with Crippen LogP contribution in [0.25, 0.3) is 0 Å². The standard InChI is InChI=1S/C26H24O10/c1-2-19(27)15-33-26(32)36-22-13-11-21(12-14-22)35-25(31)18-7-9-20(10-8-18)34-24(30)17-5-3-16(4-6-17)23(28)29/h2,7-14,16-17H,1,3-6,15H2,(H,28,29). The van der Waals surface area contributed by atoms with E-state index in [1.807, 2.05) is 0 Å². The van der Waals surface area contributed by atoms with Crippen LogP contribution in [-0.4, -0.2) is 41.6 Å². The molecule has 188 valence electrons. The molecule has 0 atom stereocenters. The number of aliphatic carboxylic acids is 1. The molecule has 2 aromatic carbocycles. The summed E-state index contributed by atoms with van der Waals surface area (Å²) in [6.07, 6.45) is 1.75. The second kappa shape index (κ2) is 12.3. The average molecular weight is 496 g/mol. The molecule has 1 fully saturated rings. The van der Waals surface area contributed by atoms with E-state index >= 15 is 0 Å². The van der Waals surface area contributed by atoms with Gasteiger partial charge in [-0.1, -0.05) is 6.58 Å². The fourth-order valence-electron chi connectivity index (χ4n) is 3.49. The van der Waals surface area contributed by atoms with Gasteiger partial charge in [0.2, 0.25) is 0 Å². The fourth-order valence-corrected chi connectivity index (χ4v) is 3.49. The molecule has 3 rings (SSSR count). The number of carbonyl (C=O) groups excluding carboxylic acids is 4. The van der Waals surface area contributed by atoms with Crippen molar-refractivity contribution >= 4 is 29.8 Å². The van der Waals surface area contributed by atoms with Gasteiger partial charge in [-0.2, -0.15) is 0 Å². The second-order valence-electron chi connectivity index (χ2n) is 8.00. The van der Waals surface area contributed by atoms with Crippen molar-refractivity contribution in [1.82, 2.24) is 0 Å². The van der Waals surface area contributed by atoms with Crippen molar-refractivity contribution in [3.05, 3.63) is 66.7 Å². The van der Waals surface area contributed by atoms with Crippen LogP contribution in [-0.2, 0) is 19.1 Å². The molecule has 1 N–H and O–H groups in total. The summed E-state index contributed by atoms with van der Waals surface area (Å²) >= 11 is 0. The van der Waals surface area contributed by atoms with Gasteiger partial charge in [0.1, 0.15) is 17.2 Å². The minimum absolute atomic E-state index is 0.119. The zero-order valence-electron chi connectivity index (χ0n) is 19.2. The van der Waals surface area contributed by atoms with Crippen LogP contribution < -0.4 is 14.2 Å². The van der Waals surface area contributed by atoms with Crippen LogP contribution in [0.4, 0.5) is 4.79 Å². The Morgan fingerprint density at radius 2 is 1.28 bits per heavy atom. The molecular formula is C26H24O10. The predicted molar refractivity (Wildman–Crippen MR) is 124 cm³/mol. The van der Waals surface area contributed by atoms with E-state index in [1.54, 1.807) is 0 Å². The van der Waals surface area contributed by atoms with Crippen molar-refractivity contribution in [1.29, 1.82) is 0 Å². The smallest absolute Gasteiger partial charge is 0.481 e. The summed E-state index contributed by atoms with van der Waals surface area (Å²) < 4.78 is 20.2. The van der Waals surface area contributed by atoms with Gasteiger partial charge in [0.15, 0.2) is 12.4 Å². The van der Waals surface area contributed by atoms with Crippen LogP contribution >= 0.6 is 0 Å².